The predicted octanol–water partition coefficient (Wildman–Crippen LogP) is 5.64. The van der Waals surface area contributed by atoms with Crippen molar-refractivity contribution in [1.82, 2.24) is 0 Å². The van der Waals surface area contributed by atoms with Crippen molar-refractivity contribution in [3.8, 4) is 0 Å². The molecule has 214 valence electrons. The molecule has 0 radical (unpaired) electrons. The van der Waals surface area contributed by atoms with E-state index in [9.17, 15) is 18.6 Å². The first-order valence-corrected chi connectivity index (χ1v) is 16.0. The average molecular weight is 592 g/mol. The molecule has 7 nitrogen and oxygen atoms in total. The number of hydrogen-bond donors (Lipinski definition) is 3. The van der Waals surface area contributed by atoms with E-state index in [0.717, 1.165) is 16.7 Å². The maximum absolute atomic E-state index is 13.0. The van der Waals surface area contributed by atoms with Crippen molar-refractivity contribution in [3.63, 3.8) is 0 Å². The highest BCUT2D eigenvalue weighted by atomic mass is 32.2. The van der Waals surface area contributed by atoms with Gasteiger partial charge in [0.1, 0.15) is 0 Å². The van der Waals surface area contributed by atoms with Gasteiger partial charge in [0.05, 0.1) is 30.3 Å². The predicted molar refractivity (Wildman–Crippen MR) is 161 cm³/mol. The first kappa shape index (κ1) is 29.3. The zero-order valence-electron chi connectivity index (χ0n) is 22.4. The van der Waals surface area contributed by atoms with Crippen molar-refractivity contribution in [1.29, 1.82) is 0 Å². The molecule has 4 unspecified atom stereocenters. The van der Waals surface area contributed by atoms with Gasteiger partial charge in [0.2, 0.25) is 0 Å². The fraction of sp³-hybridized carbons (Fsp3) is 0.250. The Hall–Kier alpha value is -3.18. The van der Waals surface area contributed by atoms with Crippen molar-refractivity contribution in [3.05, 3.63) is 131 Å². The Labute approximate surface area is 245 Å². The molecule has 0 spiro atoms. The monoisotopic (exact) mass is 591 g/mol. The molecule has 0 saturated carbocycles. The number of nitrogens with one attached hydrogen (secondary N) is 1. The third-order valence-electron chi connectivity index (χ3n) is 6.95. The molecule has 1 aliphatic heterocycles. The van der Waals surface area contributed by atoms with E-state index in [0.29, 0.717) is 22.8 Å². The zero-order valence-corrected chi connectivity index (χ0v) is 24.0. The van der Waals surface area contributed by atoms with Crippen LogP contribution in [-0.2, 0) is 26.1 Å². The average Bonchev–Trinajstić information content (AvgIpc) is 3.01. The fourth-order valence-electron chi connectivity index (χ4n) is 4.98. The Bertz CT molecular complexity index is 1500. The van der Waals surface area contributed by atoms with E-state index < -0.39 is 16.3 Å². The number of rotatable bonds is 11. The number of aliphatic hydroxyl groups is 2. The summed E-state index contributed by atoms with van der Waals surface area (Å²) in [7, 11) is -3.77. The molecule has 9 heteroatoms. The van der Waals surface area contributed by atoms with Gasteiger partial charge in [0.15, 0.2) is 6.29 Å². The van der Waals surface area contributed by atoms with Crippen LogP contribution in [0.2, 0.25) is 0 Å². The molecule has 3 N–H and O–H groups in total. The van der Waals surface area contributed by atoms with Gasteiger partial charge in [-0.05, 0) is 41.0 Å². The normalized spacial score (nSPS) is 20.9. The maximum Gasteiger partial charge on any atom is 0.261 e. The van der Waals surface area contributed by atoms with E-state index in [1.807, 2.05) is 48.5 Å². The highest BCUT2D eigenvalue weighted by Crippen LogP contribution is 2.47. The van der Waals surface area contributed by atoms with Crippen molar-refractivity contribution in [2.24, 2.45) is 0 Å². The van der Waals surface area contributed by atoms with Gasteiger partial charge in [0, 0.05) is 28.7 Å². The van der Waals surface area contributed by atoms with Gasteiger partial charge < -0.3 is 19.7 Å². The summed E-state index contributed by atoms with van der Waals surface area (Å²) in [6.07, 6.45) is -1.41. The van der Waals surface area contributed by atoms with Gasteiger partial charge in [0.25, 0.3) is 10.0 Å². The molecular weight excluding hydrogens is 558 g/mol. The Morgan fingerprint density at radius 2 is 1.44 bits per heavy atom. The number of benzene rings is 4. The first-order valence-electron chi connectivity index (χ1n) is 13.4. The Kier molecular flexibility index (Phi) is 9.76. The minimum absolute atomic E-state index is 0.0498. The maximum atomic E-state index is 13.0. The Morgan fingerprint density at radius 1 is 0.756 bits per heavy atom. The molecule has 1 heterocycles. The van der Waals surface area contributed by atoms with Crippen LogP contribution in [0.5, 0.6) is 0 Å². The summed E-state index contributed by atoms with van der Waals surface area (Å²) < 4.78 is 41.9. The number of anilines is 1. The Balaban J connectivity index is 1.49. The molecule has 0 amide bonds. The lowest BCUT2D eigenvalue weighted by Crippen LogP contribution is -2.38. The summed E-state index contributed by atoms with van der Waals surface area (Å²) in [6.45, 7) is 0.0226. The topological polar surface area (TPSA) is 105 Å². The van der Waals surface area contributed by atoms with Gasteiger partial charge in [-0.2, -0.15) is 11.8 Å². The summed E-state index contributed by atoms with van der Waals surface area (Å²) in [5, 5.41) is 19.0. The molecule has 1 aliphatic rings. The number of thioether (sulfide) groups is 1. The van der Waals surface area contributed by atoms with Gasteiger partial charge in [-0.1, -0.05) is 84.9 Å². The van der Waals surface area contributed by atoms with Gasteiger partial charge in [-0.3, -0.25) is 4.72 Å². The molecule has 0 aliphatic carbocycles. The third-order valence-corrected chi connectivity index (χ3v) is 9.39. The molecule has 4 aromatic rings. The van der Waals surface area contributed by atoms with Crippen molar-refractivity contribution < 1.29 is 28.1 Å². The van der Waals surface area contributed by atoms with E-state index >= 15 is 0 Å². The molecule has 4 aromatic carbocycles. The second kappa shape index (κ2) is 13.7. The minimum atomic E-state index is -3.77. The summed E-state index contributed by atoms with van der Waals surface area (Å²) in [5.74, 6) is 1.07. The molecule has 5 rings (SSSR count). The van der Waals surface area contributed by atoms with Crippen molar-refractivity contribution >= 4 is 27.5 Å². The SMILES string of the molecule is O=S(=O)(Nc1cccc(C2OC(CSCCO)C(c3ccccc3)C(c3ccc(CO)cc3)O2)c1)c1ccccc1. The largest absolute Gasteiger partial charge is 0.396 e. The lowest BCUT2D eigenvalue weighted by molar-refractivity contribution is -0.255. The second-order valence-corrected chi connectivity index (χ2v) is 12.6. The first-order chi connectivity index (χ1) is 20.0. The van der Waals surface area contributed by atoms with Gasteiger partial charge >= 0.3 is 0 Å². The van der Waals surface area contributed by atoms with Crippen molar-refractivity contribution in [2.75, 3.05) is 22.8 Å². The van der Waals surface area contributed by atoms with Crippen LogP contribution in [0.3, 0.4) is 0 Å². The molecule has 1 saturated heterocycles. The van der Waals surface area contributed by atoms with Crippen LogP contribution >= 0.6 is 11.8 Å². The number of aliphatic hydroxyl groups excluding tert-OH is 2. The minimum Gasteiger partial charge on any atom is -0.396 e. The van der Waals surface area contributed by atoms with E-state index in [4.69, 9.17) is 9.47 Å². The molecule has 4 atom stereocenters. The van der Waals surface area contributed by atoms with E-state index in [2.05, 4.69) is 16.9 Å². The van der Waals surface area contributed by atoms with Gasteiger partial charge in [-0.25, -0.2) is 8.42 Å². The Morgan fingerprint density at radius 3 is 2.12 bits per heavy atom. The number of hydrogen-bond acceptors (Lipinski definition) is 7. The van der Waals surface area contributed by atoms with Crippen LogP contribution in [-0.4, -0.2) is 42.8 Å². The van der Waals surface area contributed by atoms with Crippen LogP contribution in [0.1, 0.15) is 40.6 Å². The summed E-state index contributed by atoms with van der Waals surface area (Å²) in [6, 6.07) is 33.1. The van der Waals surface area contributed by atoms with E-state index in [1.165, 1.54) is 0 Å². The van der Waals surface area contributed by atoms with E-state index in [-0.39, 0.29) is 36.2 Å². The summed E-state index contributed by atoms with van der Waals surface area (Å²) in [5.41, 5.74) is 3.91. The quantitative estimate of drug-likeness (QED) is 0.194. The zero-order chi connectivity index (χ0) is 28.7. The van der Waals surface area contributed by atoms with Crippen LogP contribution in [0.25, 0.3) is 0 Å². The molecule has 41 heavy (non-hydrogen) atoms. The third kappa shape index (κ3) is 7.19. The summed E-state index contributed by atoms with van der Waals surface area (Å²) >= 11 is 1.61. The number of ether oxygens (including phenoxy) is 2. The van der Waals surface area contributed by atoms with Crippen LogP contribution in [0.15, 0.2) is 114 Å². The summed E-state index contributed by atoms with van der Waals surface area (Å²) in [4.78, 5) is 0.175. The fourth-order valence-corrected chi connectivity index (χ4v) is 6.86. The highest BCUT2D eigenvalue weighted by molar-refractivity contribution is 7.99. The van der Waals surface area contributed by atoms with E-state index in [1.54, 1.807) is 60.3 Å². The van der Waals surface area contributed by atoms with Crippen LogP contribution < -0.4 is 4.72 Å². The lowest BCUT2D eigenvalue weighted by atomic mass is 9.84. The second-order valence-electron chi connectivity index (χ2n) is 9.74. The van der Waals surface area contributed by atoms with Crippen LogP contribution in [0.4, 0.5) is 5.69 Å². The smallest absolute Gasteiger partial charge is 0.261 e. The molecule has 1 fully saturated rings. The lowest BCUT2D eigenvalue weighted by Gasteiger charge is -2.43. The van der Waals surface area contributed by atoms with Gasteiger partial charge in [-0.15, -0.1) is 0 Å². The molecular formula is C32H33NO6S2. The standard InChI is InChI=1S/C32H33NO6S2/c34-18-19-40-22-29-30(24-8-3-1-4-9-24)31(25-16-14-23(21-35)15-17-25)39-32(38-29)26-10-7-11-27(20-26)33-41(36,37)28-12-5-2-6-13-28/h1-17,20,29-35H,18-19,21-22H2. The van der Waals surface area contributed by atoms with Crippen LogP contribution in [0, 0.1) is 0 Å². The molecule has 0 bridgehead atoms. The number of sulfonamides is 1. The van der Waals surface area contributed by atoms with Crippen molar-refractivity contribution in [2.45, 2.75) is 35.9 Å². The highest BCUT2D eigenvalue weighted by Gasteiger charge is 2.41. The molecule has 0 aromatic heterocycles.